The molecule has 0 N–H and O–H groups in total. The van der Waals surface area contributed by atoms with Gasteiger partial charge in [-0.2, -0.15) is 19.6 Å². The van der Waals surface area contributed by atoms with Gasteiger partial charge < -0.3 is 4.90 Å². The number of aromatic nitrogens is 4. The monoisotopic (exact) mass is 383 g/mol. The normalized spacial score (nSPS) is 11.5. The van der Waals surface area contributed by atoms with E-state index in [0.717, 1.165) is 6.42 Å². The Morgan fingerprint density at radius 1 is 1.15 bits per heavy atom. The van der Waals surface area contributed by atoms with Crippen LogP contribution in [0.3, 0.4) is 0 Å². The molecule has 0 aliphatic heterocycles. The molecule has 138 valence electrons. The van der Waals surface area contributed by atoms with Crippen molar-refractivity contribution in [1.82, 2.24) is 19.6 Å². The largest absolute Gasteiger partial charge is 0.359 e. The molecule has 0 aliphatic carbocycles. The van der Waals surface area contributed by atoms with Crippen LogP contribution < -0.4 is 4.90 Å². The van der Waals surface area contributed by atoms with Crippen molar-refractivity contribution in [2.45, 2.75) is 20.3 Å². The highest BCUT2D eigenvalue weighted by molar-refractivity contribution is 6.33. The molecule has 3 rings (SSSR count). The van der Waals surface area contributed by atoms with Crippen molar-refractivity contribution in [2.24, 2.45) is 5.92 Å². The molecule has 0 bridgehead atoms. The van der Waals surface area contributed by atoms with Crippen LogP contribution in [0.4, 0.5) is 19.0 Å². The first kappa shape index (κ1) is 18.4. The number of rotatable bonds is 5. The lowest BCUT2D eigenvalue weighted by atomic mass is 10.1. The summed E-state index contributed by atoms with van der Waals surface area (Å²) in [7, 11) is 1.76. The number of nitrogens with zero attached hydrogens (tertiary/aromatic N) is 5. The summed E-state index contributed by atoms with van der Waals surface area (Å²) in [6, 6.07) is 1.22. The Balaban J connectivity index is 2.28. The lowest BCUT2D eigenvalue weighted by Crippen LogP contribution is -2.24. The Hall–Kier alpha value is -2.35. The van der Waals surface area contributed by atoms with Crippen molar-refractivity contribution in [3.8, 4) is 11.1 Å². The summed E-state index contributed by atoms with van der Waals surface area (Å²) >= 11 is 6.24. The van der Waals surface area contributed by atoms with Gasteiger partial charge in [0.2, 0.25) is 0 Å². The van der Waals surface area contributed by atoms with Gasteiger partial charge in [0.1, 0.15) is 34.7 Å². The van der Waals surface area contributed by atoms with Crippen molar-refractivity contribution in [2.75, 3.05) is 18.5 Å². The molecule has 0 fully saturated rings. The van der Waals surface area contributed by atoms with E-state index < -0.39 is 23.0 Å². The highest BCUT2D eigenvalue weighted by Crippen LogP contribution is 2.39. The van der Waals surface area contributed by atoms with Gasteiger partial charge in [0.15, 0.2) is 0 Å². The molecule has 1 aromatic carbocycles. The molecule has 0 atom stereocenters. The highest BCUT2D eigenvalue weighted by Gasteiger charge is 2.26. The summed E-state index contributed by atoms with van der Waals surface area (Å²) in [5, 5.41) is 3.96. The van der Waals surface area contributed by atoms with E-state index in [4.69, 9.17) is 11.6 Å². The molecule has 0 saturated heterocycles. The fraction of sp³-hybridized carbons (Fsp3) is 0.353. The van der Waals surface area contributed by atoms with Crippen molar-refractivity contribution in [3.63, 3.8) is 0 Å². The molecular formula is C17H17ClF3N5. The van der Waals surface area contributed by atoms with Crippen LogP contribution in [-0.4, -0.2) is 33.2 Å². The van der Waals surface area contributed by atoms with Gasteiger partial charge in [-0.05, 0) is 12.3 Å². The van der Waals surface area contributed by atoms with Crippen LogP contribution >= 0.6 is 11.6 Å². The van der Waals surface area contributed by atoms with Crippen LogP contribution in [0.2, 0.25) is 5.15 Å². The molecule has 0 amide bonds. The number of fused-ring (bicyclic) bond motifs is 1. The lowest BCUT2D eigenvalue weighted by molar-refractivity contribution is 0.547. The van der Waals surface area contributed by atoms with E-state index in [2.05, 4.69) is 28.9 Å². The minimum Gasteiger partial charge on any atom is -0.359 e. The first-order chi connectivity index (χ1) is 12.3. The number of benzene rings is 1. The van der Waals surface area contributed by atoms with Gasteiger partial charge in [-0.1, -0.05) is 25.4 Å². The molecule has 0 radical (unpaired) electrons. The quantitative estimate of drug-likeness (QED) is 0.615. The van der Waals surface area contributed by atoms with Crippen LogP contribution in [0.5, 0.6) is 0 Å². The van der Waals surface area contributed by atoms with Crippen LogP contribution in [-0.2, 0) is 0 Å². The van der Waals surface area contributed by atoms with E-state index in [0.29, 0.717) is 30.4 Å². The Labute approximate surface area is 153 Å². The third kappa shape index (κ3) is 3.33. The average molecular weight is 384 g/mol. The predicted octanol–water partition coefficient (Wildman–Crippen LogP) is 4.34. The molecule has 9 heteroatoms. The van der Waals surface area contributed by atoms with Gasteiger partial charge in [-0.15, -0.1) is 0 Å². The summed E-state index contributed by atoms with van der Waals surface area (Å²) in [6.07, 6.45) is 2.11. The zero-order valence-corrected chi connectivity index (χ0v) is 15.2. The molecule has 3 aromatic rings. The summed E-state index contributed by atoms with van der Waals surface area (Å²) in [5.41, 5.74) is -0.446. The Morgan fingerprint density at radius 2 is 1.81 bits per heavy atom. The second-order valence-corrected chi connectivity index (χ2v) is 6.78. The van der Waals surface area contributed by atoms with Crippen LogP contribution in [0.1, 0.15) is 20.3 Å². The summed E-state index contributed by atoms with van der Waals surface area (Å²) in [4.78, 5) is 9.83. The second-order valence-electron chi connectivity index (χ2n) is 6.42. The van der Waals surface area contributed by atoms with Gasteiger partial charge in [-0.25, -0.2) is 13.2 Å². The minimum atomic E-state index is -1.07. The van der Waals surface area contributed by atoms with E-state index in [1.807, 2.05) is 0 Å². The van der Waals surface area contributed by atoms with Crippen LogP contribution in [0, 0.1) is 23.4 Å². The molecule has 0 saturated carbocycles. The Kier molecular flexibility index (Phi) is 5.04. The summed E-state index contributed by atoms with van der Waals surface area (Å²) < 4.78 is 43.6. The number of halogens is 4. The molecule has 2 aromatic heterocycles. The number of hydrogen-bond donors (Lipinski definition) is 0. The highest BCUT2D eigenvalue weighted by atomic mass is 35.5. The SMILES string of the molecule is CC(C)CCN(C)c1c(-c2c(F)cc(F)cc2F)c(Cl)nc2ncnn12. The molecule has 0 spiro atoms. The lowest BCUT2D eigenvalue weighted by Gasteiger charge is -2.24. The Morgan fingerprint density at radius 3 is 2.42 bits per heavy atom. The topological polar surface area (TPSA) is 46.3 Å². The standard InChI is InChI=1S/C17H17ClF3N5/c1-9(2)4-5-25(3)16-14(13-11(20)6-10(19)7-12(13)21)15(18)24-17-22-8-23-26(16)17/h6-9H,4-5H2,1-3H3. The Bertz CT molecular complexity index is 934. The molecule has 0 unspecified atom stereocenters. The maximum Gasteiger partial charge on any atom is 0.255 e. The zero-order valence-electron chi connectivity index (χ0n) is 14.5. The van der Waals surface area contributed by atoms with Gasteiger partial charge in [0, 0.05) is 25.7 Å². The molecular weight excluding hydrogens is 367 g/mol. The fourth-order valence-corrected chi connectivity index (χ4v) is 2.96. The van der Waals surface area contributed by atoms with E-state index in [-0.39, 0.29) is 16.5 Å². The molecule has 0 aliphatic rings. The van der Waals surface area contributed by atoms with Gasteiger partial charge >= 0.3 is 0 Å². The van der Waals surface area contributed by atoms with E-state index >= 15 is 0 Å². The van der Waals surface area contributed by atoms with Crippen molar-refractivity contribution in [1.29, 1.82) is 0 Å². The van der Waals surface area contributed by atoms with Gasteiger partial charge in [-0.3, -0.25) is 0 Å². The maximum absolute atomic E-state index is 14.4. The number of anilines is 1. The first-order valence-corrected chi connectivity index (χ1v) is 8.42. The molecule has 26 heavy (non-hydrogen) atoms. The van der Waals surface area contributed by atoms with E-state index in [1.54, 1.807) is 11.9 Å². The fourth-order valence-electron chi connectivity index (χ4n) is 2.71. The van der Waals surface area contributed by atoms with Crippen LogP contribution in [0.25, 0.3) is 16.9 Å². The third-order valence-corrected chi connectivity index (χ3v) is 4.29. The minimum absolute atomic E-state index is 0.00548. The summed E-state index contributed by atoms with van der Waals surface area (Å²) in [6.45, 7) is 4.72. The molecule has 2 heterocycles. The molecule has 5 nitrogen and oxygen atoms in total. The average Bonchev–Trinajstić information content (AvgIpc) is 2.99. The van der Waals surface area contributed by atoms with Crippen molar-refractivity contribution in [3.05, 3.63) is 41.1 Å². The number of hydrogen-bond acceptors (Lipinski definition) is 4. The van der Waals surface area contributed by atoms with E-state index in [9.17, 15) is 13.2 Å². The first-order valence-electron chi connectivity index (χ1n) is 8.05. The van der Waals surface area contributed by atoms with Gasteiger partial charge in [0.05, 0.1) is 11.1 Å². The maximum atomic E-state index is 14.4. The zero-order chi connectivity index (χ0) is 19.0. The van der Waals surface area contributed by atoms with Crippen molar-refractivity contribution >= 4 is 23.2 Å². The van der Waals surface area contributed by atoms with Crippen LogP contribution in [0.15, 0.2) is 18.5 Å². The third-order valence-electron chi connectivity index (χ3n) is 4.02. The van der Waals surface area contributed by atoms with E-state index in [1.165, 1.54) is 10.8 Å². The van der Waals surface area contributed by atoms with Gasteiger partial charge in [0.25, 0.3) is 5.78 Å². The van der Waals surface area contributed by atoms with Crippen molar-refractivity contribution < 1.29 is 13.2 Å². The predicted molar refractivity (Wildman–Crippen MR) is 93.8 cm³/mol. The summed E-state index contributed by atoms with van der Waals surface area (Å²) in [5.74, 6) is -2.18. The second kappa shape index (κ2) is 7.11. The smallest absolute Gasteiger partial charge is 0.255 e.